The molecule has 0 spiro atoms. The summed E-state index contributed by atoms with van der Waals surface area (Å²) >= 11 is 0. The molecule has 0 bridgehead atoms. The first-order valence-corrected chi connectivity index (χ1v) is 8.81. The largest absolute Gasteiger partial charge is 0.343 e. The van der Waals surface area contributed by atoms with E-state index in [-0.39, 0.29) is 11.8 Å². The Kier molecular flexibility index (Phi) is 4.47. The van der Waals surface area contributed by atoms with Crippen molar-refractivity contribution in [1.82, 2.24) is 34.7 Å². The number of amides is 1. The van der Waals surface area contributed by atoms with Crippen molar-refractivity contribution >= 4 is 5.91 Å². The highest BCUT2D eigenvalue weighted by atomic mass is 16.2. The van der Waals surface area contributed by atoms with Crippen molar-refractivity contribution in [2.75, 3.05) is 13.1 Å². The van der Waals surface area contributed by atoms with Gasteiger partial charge in [0.1, 0.15) is 12.4 Å². The van der Waals surface area contributed by atoms with Crippen LogP contribution in [0.5, 0.6) is 0 Å². The highest BCUT2D eigenvalue weighted by Crippen LogP contribution is 2.29. The van der Waals surface area contributed by atoms with Gasteiger partial charge in [-0.3, -0.25) is 9.36 Å². The summed E-state index contributed by atoms with van der Waals surface area (Å²) in [5.41, 5.74) is 1.03. The summed E-state index contributed by atoms with van der Waals surface area (Å²) in [4.78, 5) is 15.1. The Morgan fingerprint density at radius 1 is 1.08 bits per heavy atom. The van der Waals surface area contributed by atoms with E-state index < -0.39 is 0 Å². The third kappa shape index (κ3) is 3.22. The molecule has 8 nitrogen and oxygen atoms in total. The minimum Gasteiger partial charge on any atom is -0.343 e. The summed E-state index contributed by atoms with van der Waals surface area (Å²) < 4.78 is 2.11. The van der Waals surface area contributed by atoms with Crippen LogP contribution in [0.25, 0.3) is 5.69 Å². The molecule has 1 aliphatic heterocycles. The number of hydrogen-bond donors (Lipinski definition) is 0. The first-order chi connectivity index (χ1) is 12.7. The number of aromatic nitrogens is 6. The van der Waals surface area contributed by atoms with Crippen molar-refractivity contribution in [2.45, 2.75) is 32.2 Å². The lowest BCUT2D eigenvalue weighted by Gasteiger charge is -2.31. The summed E-state index contributed by atoms with van der Waals surface area (Å²) in [6, 6.07) is 10.1. The number of carbonyl (C=O) groups is 1. The van der Waals surface area contributed by atoms with Crippen LogP contribution in [0, 0.1) is 0 Å². The van der Waals surface area contributed by atoms with E-state index in [1.165, 1.54) is 0 Å². The van der Waals surface area contributed by atoms with Gasteiger partial charge in [-0.25, -0.2) is 0 Å². The Morgan fingerprint density at radius 2 is 1.77 bits per heavy atom. The molecule has 1 aromatic carbocycles. The van der Waals surface area contributed by atoms with Crippen LogP contribution in [-0.2, 0) is 11.3 Å². The molecule has 3 aromatic rings. The van der Waals surface area contributed by atoms with E-state index in [2.05, 4.69) is 37.1 Å². The van der Waals surface area contributed by atoms with E-state index in [1.54, 1.807) is 24.1 Å². The van der Waals surface area contributed by atoms with Crippen LogP contribution < -0.4 is 0 Å². The summed E-state index contributed by atoms with van der Waals surface area (Å²) in [5.74, 6) is 2.16. The van der Waals surface area contributed by atoms with Crippen molar-refractivity contribution in [3.05, 3.63) is 54.4 Å². The second-order valence-corrected chi connectivity index (χ2v) is 6.49. The predicted octanol–water partition coefficient (Wildman–Crippen LogP) is 1.63. The molecule has 1 aliphatic rings. The first-order valence-electron chi connectivity index (χ1n) is 8.81. The molecule has 8 heteroatoms. The molecular weight excluding hydrogens is 330 g/mol. The number of nitrogens with zero attached hydrogens (tertiary/aromatic N) is 7. The summed E-state index contributed by atoms with van der Waals surface area (Å²) in [6.07, 6.45) is 5.10. The van der Waals surface area contributed by atoms with E-state index >= 15 is 0 Å². The number of para-hydroxylation sites is 1. The molecule has 3 heterocycles. The second kappa shape index (κ2) is 7.07. The molecule has 26 heavy (non-hydrogen) atoms. The molecule has 1 saturated heterocycles. The van der Waals surface area contributed by atoms with Crippen LogP contribution in [0.15, 0.2) is 42.7 Å². The lowest BCUT2D eigenvalue weighted by molar-refractivity contribution is -0.129. The maximum Gasteiger partial charge on any atom is 0.219 e. The van der Waals surface area contributed by atoms with E-state index in [0.717, 1.165) is 43.3 Å². The van der Waals surface area contributed by atoms with E-state index in [1.807, 2.05) is 23.1 Å². The Morgan fingerprint density at radius 3 is 2.42 bits per heavy atom. The van der Waals surface area contributed by atoms with Crippen LogP contribution in [0.1, 0.15) is 37.3 Å². The van der Waals surface area contributed by atoms with E-state index in [9.17, 15) is 4.79 Å². The third-order valence-corrected chi connectivity index (χ3v) is 4.82. The van der Waals surface area contributed by atoms with Crippen LogP contribution >= 0.6 is 0 Å². The van der Waals surface area contributed by atoms with Gasteiger partial charge in [0.15, 0.2) is 5.82 Å². The fraction of sp³-hybridized carbons (Fsp3) is 0.389. The smallest absolute Gasteiger partial charge is 0.219 e. The van der Waals surface area contributed by atoms with Gasteiger partial charge in [-0.1, -0.05) is 18.2 Å². The standard InChI is InChI=1S/C18H21N7O/c1-14(26)23-11-7-15(8-12-23)18-22-21-17(13-24-19-9-10-20-24)25(18)16-5-3-2-4-6-16/h2-6,9-10,15H,7-8,11-13H2,1H3. The number of piperidine rings is 1. The molecule has 0 unspecified atom stereocenters. The molecule has 4 rings (SSSR count). The monoisotopic (exact) mass is 351 g/mol. The minimum atomic E-state index is 0.137. The SMILES string of the molecule is CC(=O)N1CCC(c2nnc(Cn3nccn3)n2-c2ccccc2)CC1. The number of hydrogen-bond acceptors (Lipinski definition) is 5. The van der Waals surface area contributed by atoms with Crippen LogP contribution in [0.4, 0.5) is 0 Å². The lowest BCUT2D eigenvalue weighted by atomic mass is 9.95. The molecule has 0 N–H and O–H groups in total. The van der Waals surface area contributed by atoms with E-state index in [0.29, 0.717) is 6.54 Å². The maximum absolute atomic E-state index is 11.6. The Hall–Kier alpha value is -3.03. The van der Waals surface area contributed by atoms with Gasteiger partial charge in [0.25, 0.3) is 0 Å². The molecule has 1 amide bonds. The topological polar surface area (TPSA) is 81.7 Å². The third-order valence-electron chi connectivity index (χ3n) is 4.82. The quantitative estimate of drug-likeness (QED) is 0.714. The van der Waals surface area contributed by atoms with E-state index in [4.69, 9.17) is 0 Å². The summed E-state index contributed by atoms with van der Waals surface area (Å²) in [6.45, 7) is 3.61. The normalized spacial score (nSPS) is 15.3. The zero-order valence-electron chi connectivity index (χ0n) is 14.7. The maximum atomic E-state index is 11.6. The van der Waals surface area contributed by atoms with Gasteiger partial charge in [0, 0.05) is 31.6 Å². The minimum absolute atomic E-state index is 0.137. The zero-order chi connectivity index (χ0) is 17.9. The average molecular weight is 351 g/mol. The predicted molar refractivity (Wildman–Crippen MR) is 94.7 cm³/mol. The van der Waals surface area contributed by atoms with Gasteiger partial charge in [0.05, 0.1) is 12.4 Å². The Balaban J connectivity index is 1.66. The molecular formula is C18H21N7O. The zero-order valence-corrected chi connectivity index (χ0v) is 14.7. The van der Waals surface area contributed by atoms with Gasteiger partial charge in [-0.15, -0.1) is 10.2 Å². The lowest BCUT2D eigenvalue weighted by Crippen LogP contribution is -2.36. The van der Waals surface area contributed by atoms with Gasteiger partial charge >= 0.3 is 0 Å². The van der Waals surface area contributed by atoms with Crippen molar-refractivity contribution in [3.63, 3.8) is 0 Å². The van der Waals surface area contributed by atoms with Gasteiger partial charge in [-0.05, 0) is 25.0 Å². The van der Waals surface area contributed by atoms with Crippen molar-refractivity contribution < 1.29 is 4.79 Å². The fourth-order valence-electron chi connectivity index (χ4n) is 3.46. The first kappa shape index (κ1) is 16.4. The van der Waals surface area contributed by atoms with Crippen LogP contribution in [0.2, 0.25) is 0 Å². The molecule has 0 saturated carbocycles. The molecule has 134 valence electrons. The highest BCUT2D eigenvalue weighted by Gasteiger charge is 2.27. The van der Waals surface area contributed by atoms with Gasteiger partial charge in [-0.2, -0.15) is 15.0 Å². The number of likely N-dealkylation sites (tertiary alicyclic amines) is 1. The Labute approximate surface area is 151 Å². The number of benzene rings is 1. The highest BCUT2D eigenvalue weighted by molar-refractivity contribution is 5.73. The van der Waals surface area contributed by atoms with Gasteiger partial charge < -0.3 is 4.90 Å². The van der Waals surface area contributed by atoms with Crippen molar-refractivity contribution in [3.8, 4) is 5.69 Å². The number of rotatable bonds is 4. The number of carbonyl (C=O) groups excluding carboxylic acids is 1. The fourth-order valence-corrected chi connectivity index (χ4v) is 3.46. The molecule has 0 aliphatic carbocycles. The average Bonchev–Trinajstić information content (AvgIpc) is 3.33. The van der Waals surface area contributed by atoms with Crippen molar-refractivity contribution in [2.24, 2.45) is 0 Å². The summed E-state index contributed by atoms with van der Waals surface area (Å²) in [5, 5.41) is 17.3. The summed E-state index contributed by atoms with van der Waals surface area (Å²) in [7, 11) is 0. The Bertz CT molecular complexity index is 864. The molecule has 1 fully saturated rings. The molecule has 0 atom stereocenters. The van der Waals surface area contributed by atoms with Crippen molar-refractivity contribution in [1.29, 1.82) is 0 Å². The second-order valence-electron chi connectivity index (χ2n) is 6.49. The van der Waals surface area contributed by atoms with Gasteiger partial charge in [0.2, 0.25) is 5.91 Å². The molecule has 0 radical (unpaired) electrons. The van der Waals surface area contributed by atoms with Crippen LogP contribution in [0.3, 0.4) is 0 Å². The van der Waals surface area contributed by atoms with Crippen LogP contribution in [-0.4, -0.2) is 53.7 Å². The molecule has 2 aromatic heterocycles.